The van der Waals surface area contributed by atoms with E-state index in [1.165, 1.54) is 51.4 Å². The van der Waals surface area contributed by atoms with Gasteiger partial charge in [-0.1, -0.05) is 114 Å². The Bertz CT molecular complexity index is 858. The van der Waals surface area contributed by atoms with E-state index in [1.807, 2.05) is 30.3 Å². The molecule has 7 N–H and O–H groups in total. The minimum atomic E-state index is -1.61. The SMILES string of the molecule is CCCCCCCCCCCCCC[C@@H](O)[C@@H](O)[C@H](COC1OC(CO)C(O)C(O)C1O)NC(=O)CCCc1ccccc1. The monoisotopic (exact) mass is 625 g/mol. The molecule has 0 radical (unpaired) electrons. The zero-order chi connectivity index (χ0) is 32.2. The highest BCUT2D eigenvalue weighted by Gasteiger charge is 2.44. The van der Waals surface area contributed by atoms with Gasteiger partial charge in [-0.05, 0) is 24.8 Å². The Kier molecular flexibility index (Phi) is 20.0. The maximum atomic E-state index is 12.8. The van der Waals surface area contributed by atoms with Crippen molar-refractivity contribution in [2.45, 2.75) is 159 Å². The molecule has 0 spiro atoms. The van der Waals surface area contributed by atoms with E-state index in [0.717, 1.165) is 31.2 Å². The van der Waals surface area contributed by atoms with Gasteiger partial charge in [0.15, 0.2) is 6.29 Å². The summed E-state index contributed by atoms with van der Waals surface area (Å²) >= 11 is 0. The fourth-order valence-electron chi connectivity index (χ4n) is 5.64. The van der Waals surface area contributed by atoms with Crippen molar-refractivity contribution in [2.24, 2.45) is 0 Å². The molecule has 1 aromatic rings. The minimum absolute atomic E-state index is 0.201. The van der Waals surface area contributed by atoms with Gasteiger partial charge < -0.3 is 45.4 Å². The van der Waals surface area contributed by atoms with Crippen LogP contribution in [0.25, 0.3) is 0 Å². The molecule has 44 heavy (non-hydrogen) atoms. The van der Waals surface area contributed by atoms with Crippen LogP contribution in [0.2, 0.25) is 0 Å². The van der Waals surface area contributed by atoms with Crippen molar-refractivity contribution < 1.29 is 44.9 Å². The lowest BCUT2D eigenvalue weighted by Crippen LogP contribution is -2.60. The molecule has 0 bridgehead atoms. The normalized spacial score (nSPS) is 24.1. The smallest absolute Gasteiger partial charge is 0.220 e. The first kappa shape index (κ1) is 38.6. The summed E-state index contributed by atoms with van der Waals surface area (Å²) in [5, 5.41) is 64.4. The fourth-order valence-corrected chi connectivity index (χ4v) is 5.64. The van der Waals surface area contributed by atoms with Crippen molar-refractivity contribution in [3.8, 4) is 0 Å². The van der Waals surface area contributed by atoms with Crippen LogP contribution in [0.3, 0.4) is 0 Å². The third-order valence-electron chi connectivity index (χ3n) is 8.51. The number of carbonyl (C=O) groups is 1. The second kappa shape index (κ2) is 22.8. The third kappa shape index (κ3) is 14.6. The number of amides is 1. The number of benzene rings is 1. The molecule has 1 fully saturated rings. The van der Waals surface area contributed by atoms with E-state index in [1.54, 1.807) is 0 Å². The Labute approximate surface area is 263 Å². The van der Waals surface area contributed by atoms with E-state index in [0.29, 0.717) is 19.3 Å². The Balaban J connectivity index is 1.81. The number of unbranched alkanes of at least 4 members (excludes halogenated alkanes) is 11. The second-order valence-electron chi connectivity index (χ2n) is 12.3. The molecule has 0 aromatic heterocycles. The van der Waals surface area contributed by atoms with Crippen LogP contribution in [-0.2, 0) is 20.7 Å². The summed E-state index contributed by atoms with van der Waals surface area (Å²) in [6.07, 6.45) is 6.35. The highest BCUT2D eigenvalue weighted by molar-refractivity contribution is 5.76. The van der Waals surface area contributed by atoms with Gasteiger partial charge in [0.2, 0.25) is 5.91 Å². The first-order chi connectivity index (χ1) is 21.3. The van der Waals surface area contributed by atoms with Crippen LogP contribution in [0, 0.1) is 0 Å². The van der Waals surface area contributed by atoms with Crippen LogP contribution < -0.4 is 5.32 Å². The van der Waals surface area contributed by atoms with Gasteiger partial charge in [-0.25, -0.2) is 0 Å². The Morgan fingerprint density at radius 1 is 0.841 bits per heavy atom. The number of aliphatic hydroxyl groups excluding tert-OH is 6. The predicted molar refractivity (Wildman–Crippen MR) is 169 cm³/mol. The van der Waals surface area contributed by atoms with Crippen molar-refractivity contribution in [1.29, 1.82) is 0 Å². The van der Waals surface area contributed by atoms with E-state index in [-0.39, 0.29) is 18.9 Å². The second-order valence-corrected chi connectivity index (χ2v) is 12.3. The van der Waals surface area contributed by atoms with Gasteiger partial charge in [0.1, 0.15) is 30.5 Å². The number of carbonyl (C=O) groups excluding carboxylic acids is 1. The highest BCUT2D eigenvalue weighted by Crippen LogP contribution is 2.23. The molecule has 2 rings (SSSR count). The van der Waals surface area contributed by atoms with E-state index < -0.39 is 55.6 Å². The Morgan fingerprint density at radius 3 is 2.02 bits per heavy atom. The summed E-state index contributed by atoms with van der Waals surface area (Å²) in [7, 11) is 0. The third-order valence-corrected chi connectivity index (χ3v) is 8.51. The number of aliphatic hydroxyl groups is 6. The van der Waals surface area contributed by atoms with Gasteiger partial charge in [0, 0.05) is 6.42 Å². The van der Waals surface area contributed by atoms with Crippen LogP contribution in [0.4, 0.5) is 0 Å². The van der Waals surface area contributed by atoms with Gasteiger partial charge in [-0.3, -0.25) is 4.79 Å². The number of ether oxygens (including phenoxy) is 2. The van der Waals surface area contributed by atoms with Crippen LogP contribution in [0.15, 0.2) is 30.3 Å². The zero-order valence-electron chi connectivity index (χ0n) is 26.6. The van der Waals surface area contributed by atoms with E-state index >= 15 is 0 Å². The minimum Gasteiger partial charge on any atom is -0.394 e. The van der Waals surface area contributed by atoms with Crippen LogP contribution in [0.1, 0.15) is 109 Å². The van der Waals surface area contributed by atoms with E-state index in [4.69, 9.17) is 9.47 Å². The molecular formula is C34H59NO9. The highest BCUT2D eigenvalue weighted by atomic mass is 16.7. The number of nitrogens with one attached hydrogen (secondary N) is 1. The topological polar surface area (TPSA) is 169 Å². The van der Waals surface area contributed by atoms with Crippen molar-refractivity contribution in [3.05, 3.63) is 35.9 Å². The molecule has 1 aliphatic heterocycles. The molecule has 10 heteroatoms. The van der Waals surface area contributed by atoms with Crippen LogP contribution in [0.5, 0.6) is 0 Å². The maximum absolute atomic E-state index is 12.8. The molecule has 1 aromatic carbocycles. The van der Waals surface area contributed by atoms with Gasteiger partial charge in [-0.2, -0.15) is 0 Å². The average Bonchev–Trinajstić information content (AvgIpc) is 3.03. The lowest BCUT2D eigenvalue weighted by atomic mass is 9.98. The Morgan fingerprint density at radius 2 is 1.43 bits per heavy atom. The molecule has 0 aliphatic carbocycles. The zero-order valence-corrected chi connectivity index (χ0v) is 26.6. The maximum Gasteiger partial charge on any atom is 0.220 e. The molecule has 254 valence electrons. The summed E-state index contributed by atoms with van der Waals surface area (Å²) in [4.78, 5) is 12.8. The molecular weight excluding hydrogens is 566 g/mol. The van der Waals surface area contributed by atoms with Gasteiger partial charge in [-0.15, -0.1) is 0 Å². The van der Waals surface area contributed by atoms with Crippen molar-refractivity contribution in [2.75, 3.05) is 13.2 Å². The Hall–Kier alpha value is -1.63. The quantitative estimate of drug-likeness (QED) is 0.0854. The molecule has 1 heterocycles. The number of hydrogen-bond donors (Lipinski definition) is 7. The average molecular weight is 626 g/mol. The molecule has 0 saturated carbocycles. The van der Waals surface area contributed by atoms with E-state index in [2.05, 4.69) is 12.2 Å². The van der Waals surface area contributed by atoms with E-state index in [9.17, 15) is 35.4 Å². The molecule has 1 amide bonds. The van der Waals surface area contributed by atoms with Crippen molar-refractivity contribution >= 4 is 5.91 Å². The fraction of sp³-hybridized carbons (Fsp3) is 0.794. The largest absolute Gasteiger partial charge is 0.394 e. The van der Waals surface area contributed by atoms with Gasteiger partial charge >= 0.3 is 0 Å². The first-order valence-electron chi connectivity index (χ1n) is 16.9. The standard InChI is InChI=1S/C34H59NO9/c1-2-3-4-5-6-7-8-9-10-11-12-16-21-27(37)30(39)26(35-29(38)22-17-20-25-18-14-13-15-19-25)24-43-34-33(42)32(41)31(40)28(23-36)44-34/h13-15,18-19,26-28,30-34,36-37,39-42H,2-12,16-17,20-24H2,1H3,(H,35,38)/t26-,27+,28?,30-,31?,32?,33?,34?/m0/s1. The molecule has 1 saturated heterocycles. The molecule has 8 atom stereocenters. The molecule has 1 aliphatic rings. The first-order valence-corrected chi connectivity index (χ1v) is 16.9. The van der Waals surface area contributed by atoms with Gasteiger partial charge in [0.05, 0.1) is 25.4 Å². The number of aryl methyl sites for hydroxylation is 1. The van der Waals surface area contributed by atoms with Crippen molar-refractivity contribution in [1.82, 2.24) is 5.32 Å². The van der Waals surface area contributed by atoms with Crippen molar-refractivity contribution in [3.63, 3.8) is 0 Å². The molecule has 5 unspecified atom stereocenters. The summed E-state index contributed by atoms with van der Waals surface area (Å²) < 4.78 is 11.0. The molecule has 10 nitrogen and oxygen atoms in total. The number of hydrogen-bond acceptors (Lipinski definition) is 9. The van der Waals surface area contributed by atoms with Gasteiger partial charge in [0.25, 0.3) is 0 Å². The van der Waals surface area contributed by atoms with Crippen LogP contribution in [-0.4, -0.2) is 98.7 Å². The summed E-state index contributed by atoms with van der Waals surface area (Å²) in [5.41, 5.74) is 1.11. The van der Waals surface area contributed by atoms with Crippen LogP contribution >= 0.6 is 0 Å². The summed E-state index contributed by atoms with van der Waals surface area (Å²) in [6, 6.07) is 8.78. The summed E-state index contributed by atoms with van der Waals surface area (Å²) in [6.45, 7) is 1.30. The summed E-state index contributed by atoms with van der Waals surface area (Å²) in [5.74, 6) is -0.319. The lowest BCUT2D eigenvalue weighted by Gasteiger charge is -2.40. The number of rotatable bonds is 24. The predicted octanol–water partition coefficient (Wildman–Crippen LogP) is 3.12. The lowest BCUT2D eigenvalue weighted by molar-refractivity contribution is -0.303.